The molecule has 1 aromatic carbocycles. The number of piperidine rings is 2. The van der Waals surface area contributed by atoms with Gasteiger partial charge in [0.1, 0.15) is 17.2 Å². The van der Waals surface area contributed by atoms with Crippen LogP contribution in [0.15, 0.2) is 24.3 Å². The van der Waals surface area contributed by atoms with Crippen LogP contribution in [0, 0.1) is 0 Å². The molecule has 3 saturated heterocycles. The molecule has 4 atom stereocenters. The second kappa shape index (κ2) is 9.48. The summed E-state index contributed by atoms with van der Waals surface area (Å²) in [4.78, 5) is 20.5. The van der Waals surface area contributed by atoms with Crippen molar-refractivity contribution in [2.75, 3.05) is 33.3 Å². The van der Waals surface area contributed by atoms with Gasteiger partial charge in [-0.05, 0) is 44.4 Å². The zero-order valence-corrected chi connectivity index (χ0v) is 18.8. The van der Waals surface area contributed by atoms with Crippen molar-refractivity contribution < 1.29 is 9.53 Å². The maximum atomic E-state index is 13.4. The number of hydrogen-bond donors (Lipinski definition) is 4. The number of nitrogens with one attached hydrogen (secondary N) is 4. The number of likely N-dealkylation sites (tertiary alicyclic amines) is 1. The molecular formula is C22H32N6O2S. The lowest BCUT2D eigenvalue weighted by molar-refractivity contribution is -0.130. The molecule has 1 amide bonds. The largest absolute Gasteiger partial charge is 0.381 e. The van der Waals surface area contributed by atoms with Crippen molar-refractivity contribution in [3.05, 3.63) is 29.3 Å². The summed E-state index contributed by atoms with van der Waals surface area (Å²) in [6, 6.07) is 8.44. The number of rotatable bonds is 5. The molecule has 8 nitrogen and oxygen atoms in total. The standard InChI is InChI=1S/C22H32N6O2S/c1-30-15-8-11-28(12-9-15)22-26-19(24-14-5-4-10-23-13-14)18(20(29)27-22)21-25-16-6-2-3-7-17(16)31-21/h2-3,6-7,14-15,18-19,22-24,26H,4-5,8-13H2,1H3,(H,27,29)/t14-,18?,19?,22?/m1/s1. The first-order chi connectivity index (χ1) is 15.2. The predicted octanol–water partition coefficient (Wildman–Crippen LogP) is 1.16. The van der Waals surface area contributed by atoms with Gasteiger partial charge in [-0.15, -0.1) is 11.3 Å². The van der Waals surface area contributed by atoms with E-state index < -0.39 is 0 Å². The van der Waals surface area contributed by atoms with Crippen LogP contribution in [0.4, 0.5) is 0 Å². The van der Waals surface area contributed by atoms with E-state index in [1.165, 1.54) is 0 Å². The zero-order chi connectivity index (χ0) is 21.2. The Morgan fingerprint density at radius 3 is 2.81 bits per heavy atom. The van der Waals surface area contributed by atoms with Gasteiger partial charge in [-0.25, -0.2) is 4.98 Å². The summed E-state index contributed by atoms with van der Waals surface area (Å²) >= 11 is 1.62. The van der Waals surface area contributed by atoms with Crippen LogP contribution in [0.25, 0.3) is 10.2 Å². The van der Waals surface area contributed by atoms with Crippen molar-refractivity contribution in [2.45, 2.75) is 56.2 Å². The molecule has 0 radical (unpaired) electrons. The fourth-order valence-electron chi connectivity index (χ4n) is 4.92. The Hall–Kier alpha value is -1.62. The smallest absolute Gasteiger partial charge is 0.235 e. The number of para-hydroxylation sites is 1. The van der Waals surface area contributed by atoms with Crippen LogP contribution in [0.5, 0.6) is 0 Å². The van der Waals surface area contributed by atoms with Gasteiger partial charge in [0, 0.05) is 32.8 Å². The molecule has 4 N–H and O–H groups in total. The van der Waals surface area contributed by atoms with E-state index in [4.69, 9.17) is 9.72 Å². The fraction of sp³-hybridized carbons (Fsp3) is 0.636. The number of thiazole rings is 1. The molecule has 3 aliphatic rings. The molecule has 3 fully saturated rings. The third-order valence-electron chi connectivity index (χ3n) is 6.70. The van der Waals surface area contributed by atoms with Gasteiger partial charge < -0.3 is 15.4 Å². The van der Waals surface area contributed by atoms with Gasteiger partial charge in [-0.2, -0.15) is 0 Å². The molecule has 5 rings (SSSR count). The van der Waals surface area contributed by atoms with Crippen LogP contribution >= 0.6 is 11.3 Å². The Labute approximate surface area is 187 Å². The third kappa shape index (κ3) is 4.62. The number of hydrogen-bond acceptors (Lipinski definition) is 8. The summed E-state index contributed by atoms with van der Waals surface area (Å²) in [5.74, 6) is -0.315. The van der Waals surface area contributed by atoms with Crippen molar-refractivity contribution in [2.24, 2.45) is 0 Å². The fourth-order valence-corrected chi connectivity index (χ4v) is 6.02. The van der Waals surface area contributed by atoms with E-state index in [0.29, 0.717) is 12.1 Å². The lowest BCUT2D eigenvalue weighted by atomic mass is 9.99. The summed E-state index contributed by atoms with van der Waals surface area (Å²) in [5, 5.41) is 15.0. The molecule has 0 bridgehead atoms. The number of fused-ring (bicyclic) bond motifs is 1. The molecule has 31 heavy (non-hydrogen) atoms. The van der Waals surface area contributed by atoms with Crippen molar-refractivity contribution in [3.8, 4) is 0 Å². The van der Waals surface area contributed by atoms with Crippen molar-refractivity contribution >= 4 is 27.5 Å². The Kier molecular flexibility index (Phi) is 6.49. The number of amides is 1. The van der Waals surface area contributed by atoms with Crippen molar-refractivity contribution in [3.63, 3.8) is 0 Å². The second-order valence-electron chi connectivity index (χ2n) is 8.73. The van der Waals surface area contributed by atoms with Crippen molar-refractivity contribution in [1.82, 2.24) is 31.2 Å². The minimum Gasteiger partial charge on any atom is -0.381 e. The minimum absolute atomic E-state index is 0.0398. The maximum absolute atomic E-state index is 13.4. The van der Waals surface area contributed by atoms with Crippen LogP contribution < -0.4 is 21.3 Å². The van der Waals surface area contributed by atoms with E-state index in [2.05, 4.69) is 32.2 Å². The van der Waals surface area contributed by atoms with E-state index in [9.17, 15) is 4.79 Å². The summed E-state index contributed by atoms with van der Waals surface area (Å²) in [6.45, 7) is 3.80. The van der Waals surface area contributed by atoms with E-state index >= 15 is 0 Å². The molecule has 4 heterocycles. The first-order valence-electron chi connectivity index (χ1n) is 11.4. The molecule has 2 aromatic rings. The molecule has 0 spiro atoms. The SMILES string of the molecule is COC1CCN(C2NC(=O)C(c3nc4ccccc4s3)C(N[C@@H]3CCCNC3)N2)CC1. The normalized spacial score (nSPS) is 31.1. The topological polar surface area (TPSA) is 90.5 Å². The first-order valence-corrected chi connectivity index (χ1v) is 12.2. The summed E-state index contributed by atoms with van der Waals surface area (Å²) in [5.41, 5.74) is 0.956. The molecule has 3 aliphatic heterocycles. The number of aromatic nitrogens is 1. The number of methoxy groups -OCH3 is 1. The Morgan fingerprint density at radius 1 is 1.23 bits per heavy atom. The predicted molar refractivity (Wildman–Crippen MR) is 122 cm³/mol. The highest BCUT2D eigenvalue weighted by molar-refractivity contribution is 7.18. The van der Waals surface area contributed by atoms with E-state index in [-0.39, 0.29) is 24.3 Å². The van der Waals surface area contributed by atoms with E-state index in [1.54, 1.807) is 18.4 Å². The Morgan fingerprint density at radius 2 is 2.06 bits per heavy atom. The first kappa shape index (κ1) is 21.2. The number of carbonyl (C=O) groups excluding carboxylic acids is 1. The minimum atomic E-state index is -0.355. The average molecular weight is 445 g/mol. The second-order valence-corrected chi connectivity index (χ2v) is 9.80. The van der Waals surface area contributed by atoms with Crippen LogP contribution in [0.2, 0.25) is 0 Å². The Bertz CT molecular complexity index is 860. The lowest BCUT2D eigenvalue weighted by Crippen LogP contribution is -2.71. The highest BCUT2D eigenvalue weighted by Gasteiger charge is 2.42. The maximum Gasteiger partial charge on any atom is 0.235 e. The number of ether oxygens (including phenoxy) is 1. The van der Waals surface area contributed by atoms with E-state index in [1.807, 2.05) is 18.2 Å². The molecular weight excluding hydrogens is 412 g/mol. The van der Waals surface area contributed by atoms with Gasteiger partial charge in [-0.1, -0.05) is 12.1 Å². The average Bonchev–Trinajstić information content (AvgIpc) is 3.23. The van der Waals surface area contributed by atoms with Crippen molar-refractivity contribution in [1.29, 1.82) is 0 Å². The van der Waals surface area contributed by atoms with Gasteiger partial charge >= 0.3 is 0 Å². The van der Waals surface area contributed by atoms with Gasteiger partial charge in [0.15, 0.2) is 0 Å². The van der Waals surface area contributed by atoms with Gasteiger partial charge in [0.2, 0.25) is 5.91 Å². The molecule has 9 heteroatoms. The summed E-state index contributed by atoms with van der Waals surface area (Å²) in [6.07, 6.45) is 4.20. The van der Waals surface area contributed by atoms with Gasteiger partial charge in [0.25, 0.3) is 0 Å². The highest BCUT2D eigenvalue weighted by atomic mass is 32.1. The van der Waals surface area contributed by atoms with Gasteiger partial charge in [-0.3, -0.25) is 20.3 Å². The highest BCUT2D eigenvalue weighted by Crippen LogP contribution is 2.31. The van der Waals surface area contributed by atoms with Crippen LogP contribution in [0.1, 0.15) is 36.6 Å². The van der Waals surface area contributed by atoms with Crippen LogP contribution in [-0.4, -0.2) is 73.7 Å². The quantitative estimate of drug-likeness (QED) is 0.550. The van der Waals surface area contributed by atoms with Crippen LogP contribution in [-0.2, 0) is 9.53 Å². The lowest BCUT2D eigenvalue weighted by Gasteiger charge is -2.45. The molecule has 168 valence electrons. The third-order valence-corrected chi connectivity index (χ3v) is 7.82. The monoisotopic (exact) mass is 444 g/mol. The Balaban J connectivity index is 1.37. The summed E-state index contributed by atoms with van der Waals surface area (Å²) in [7, 11) is 1.78. The molecule has 0 aliphatic carbocycles. The number of carbonyl (C=O) groups is 1. The molecule has 0 saturated carbocycles. The van der Waals surface area contributed by atoms with E-state index in [0.717, 1.165) is 67.1 Å². The number of nitrogens with zero attached hydrogens (tertiary/aromatic N) is 2. The molecule has 3 unspecified atom stereocenters. The zero-order valence-electron chi connectivity index (χ0n) is 18.0. The number of benzene rings is 1. The summed E-state index contributed by atoms with van der Waals surface area (Å²) < 4.78 is 6.63. The van der Waals surface area contributed by atoms with Gasteiger partial charge in [0.05, 0.1) is 22.5 Å². The van der Waals surface area contributed by atoms with Crippen LogP contribution in [0.3, 0.4) is 0 Å². The molecule has 1 aromatic heterocycles.